The molecule has 0 N–H and O–H groups in total. The van der Waals surface area contributed by atoms with E-state index in [0.717, 1.165) is 12.8 Å². The van der Waals surface area contributed by atoms with Crippen LogP contribution >= 0.6 is 0 Å². The number of rotatable bonds is 4. The van der Waals surface area contributed by atoms with Crippen molar-refractivity contribution in [2.75, 3.05) is 0 Å². The highest BCUT2D eigenvalue weighted by Gasteiger charge is 1.94. The largest absolute Gasteiger partial charge is 0.0885 e. The molecule has 0 aromatic carbocycles. The van der Waals surface area contributed by atoms with Crippen molar-refractivity contribution in [1.82, 2.24) is 0 Å². The zero-order valence-electron chi connectivity index (χ0n) is 6.56. The second-order valence-electron chi connectivity index (χ2n) is 2.29. The van der Waals surface area contributed by atoms with E-state index >= 15 is 0 Å². The van der Waals surface area contributed by atoms with Gasteiger partial charge in [-0.2, -0.15) is 0 Å². The molecule has 9 heavy (non-hydrogen) atoms. The van der Waals surface area contributed by atoms with Crippen molar-refractivity contribution in [2.45, 2.75) is 33.1 Å². The molecule has 0 aliphatic heterocycles. The first kappa shape index (κ1) is 8.74. The van der Waals surface area contributed by atoms with Gasteiger partial charge in [0.25, 0.3) is 0 Å². The molecule has 0 aliphatic carbocycles. The molecule has 1 unspecified atom stereocenters. The van der Waals surface area contributed by atoms with E-state index in [1.807, 2.05) is 0 Å². The molecule has 0 saturated heterocycles. The molecule has 0 rings (SSSR count). The Morgan fingerprint density at radius 3 is 2.44 bits per heavy atom. The SMILES string of the molecule is [CH2]CC(C=CCC)CC. The summed E-state index contributed by atoms with van der Waals surface area (Å²) in [6.45, 7) is 8.22. The fraction of sp³-hybridized carbons (Fsp3) is 0.667. The fourth-order valence-electron chi connectivity index (χ4n) is 0.765. The van der Waals surface area contributed by atoms with Crippen LogP contribution in [0.2, 0.25) is 0 Å². The van der Waals surface area contributed by atoms with Crippen molar-refractivity contribution in [3.63, 3.8) is 0 Å². The summed E-state index contributed by atoms with van der Waals surface area (Å²) >= 11 is 0. The van der Waals surface area contributed by atoms with Crippen LogP contribution < -0.4 is 0 Å². The molecule has 1 radical (unpaired) electrons. The van der Waals surface area contributed by atoms with Gasteiger partial charge in [-0.3, -0.25) is 0 Å². The Kier molecular flexibility index (Phi) is 5.70. The van der Waals surface area contributed by atoms with Crippen molar-refractivity contribution < 1.29 is 0 Å². The van der Waals surface area contributed by atoms with Crippen molar-refractivity contribution >= 4 is 0 Å². The van der Waals surface area contributed by atoms with E-state index in [0.29, 0.717) is 5.92 Å². The van der Waals surface area contributed by atoms with E-state index in [-0.39, 0.29) is 0 Å². The van der Waals surface area contributed by atoms with Crippen molar-refractivity contribution in [3.05, 3.63) is 19.1 Å². The van der Waals surface area contributed by atoms with Crippen LogP contribution in [0.25, 0.3) is 0 Å². The molecule has 0 bridgehead atoms. The lowest BCUT2D eigenvalue weighted by Crippen LogP contribution is -1.89. The van der Waals surface area contributed by atoms with Crippen LogP contribution in [0.15, 0.2) is 12.2 Å². The van der Waals surface area contributed by atoms with Gasteiger partial charge in [0.2, 0.25) is 0 Å². The minimum absolute atomic E-state index is 0.713. The summed E-state index contributed by atoms with van der Waals surface area (Å²) in [5, 5.41) is 0. The predicted molar refractivity (Wildman–Crippen MR) is 43.2 cm³/mol. The second kappa shape index (κ2) is 5.87. The monoisotopic (exact) mass is 125 g/mol. The number of hydrogen-bond donors (Lipinski definition) is 0. The highest BCUT2D eigenvalue weighted by atomic mass is 14.0. The van der Waals surface area contributed by atoms with Gasteiger partial charge in [0.05, 0.1) is 0 Å². The third-order valence-corrected chi connectivity index (χ3v) is 1.54. The predicted octanol–water partition coefficient (Wildman–Crippen LogP) is 3.20. The summed E-state index contributed by atoms with van der Waals surface area (Å²) in [6, 6.07) is 0. The van der Waals surface area contributed by atoms with Crippen LogP contribution in [0.5, 0.6) is 0 Å². The summed E-state index contributed by atoms with van der Waals surface area (Å²) in [7, 11) is 0. The van der Waals surface area contributed by atoms with E-state index in [9.17, 15) is 0 Å². The van der Waals surface area contributed by atoms with Crippen LogP contribution in [0.1, 0.15) is 33.1 Å². The van der Waals surface area contributed by atoms with Gasteiger partial charge in [-0.25, -0.2) is 0 Å². The molecule has 0 aliphatic rings. The highest BCUT2D eigenvalue weighted by Crippen LogP contribution is 2.08. The van der Waals surface area contributed by atoms with Gasteiger partial charge in [-0.05, 0) is 25.2 Å². The number of hydrogen-bond acceptors (Lipinski definition) is 0. The molecule has 0 heteroatoms. The van der Waals surface area contributed by atoms with Gasteiger partial charge in [0, 0.05) is 0 Å². The topological polar surface area (TPSA) is 0 Å². The Morgan fingerprint density at radius 1 is 1.44 bits per heavy atom. The lowest BCUT2D eigenvalue weighted by molar-refractivity contribution is 0.634. The molecule has 1 atom stereocenters. The quantitative estimate of drug-likeness (QED) is 0.506. The zero-order valence-corrected chi connectivity index (χ0v) is 6.56. The van der Waals surface area contributed by atoms with Gasteiger partial charge in [0.1, 0.15) is 0 Å². The summed E-state index contributed by atoms with van der Waals surface area (Å²) in [5.74, 6) is 0.713. The molecular formula is C9H17. The van der Waals surface area contributed by atoms with Crippen LogP contribution in [0.3, 0.4) is 0 Å². The maximum atomic E-state index is 3.86. The molecule has 0 amide bonds. The maximum Gasteiger partial charge on any atom is -0.0236 e. The molecule has 0 aromatic heterocycles. The summed E-state index contributed by atoms with van der Waals surface area (Å²) < 4.78 is 0. The van der Waals surface area contributed by atoms with Crippen molar-refractivity contribution in [3.8, 4) is 0 Å². The Balaban J connectivity index is 3.41. The Hall–Kier alpha value is -0.260. The highest BCUT2D eigenvalue weighted by molar-refractivity contribution is 4.87. The van der Waals surface area contributed by atoms with E-state index < -0.39 is 0 Å². The third-order valence-electron chi connectivity index (χ3n) is 1.54. The normalized spacial score (nSPS) is 11.6. The smallest absolute Gasteiger partial charge is 0.0236 e. The van der Waals surface area contributed by atoms with Crippen LogP contribution in [-0.2, 0) is 0 Å². The molecule has 0 heterocycles. The molecule has 0 saturated carbocycles. The fourth-order valence-corrected chi connectivity index (χ4v) is 0.765. The van der Waals surface area contributed by atoms with Crippen molar-refractivity contribution in [2.24, 2.45) is 5.92 Å². The average Bonchev–Trinajstić information content (AvgIpc) is 1.91. The Labute approximate surface area is 59.0 Å². The van der Waals surface area contributed by atoms with Crippen LogP contribution in [-0.4, -0.2) is 0 Å². The third kappa shape index (κ3) is 4.26. The lowest BCUT2D eigenvalue weighted by Gasteiger charge is -2.03. The first-order valence-corrected chi connectivity index (χ1v) is 3.81. The standard InChI is InChI=1S/C9H17/c1-4-7-8-9(5-2)6-3/h7-9H,2,4-6H2,1,3H3. The second-order valence-corrected chi connectivity index (χ2v) is 2.29. The zero-order chi connectivity index (χ0) is 7.11. The lowest BCUT2D eigenvalue weighted by atomic mass is 10.0. The van der Waals surface area contributed by atoms with E-state index in [1.165, 1.54) is 6.42 Å². The van der Waals surface area contributed by atoms with E-state index in [2.05, 4.69) is 32.9 Å². The summed E-state index contributed by atoms with van der Waals surface area (Å²) in [5.41, 5.74) is 0. The molecule has 0 aromatic rings. The van der Waals surface area contributed by atoms with E-state index in [4.69, 9.17) is 0 Å². The van der Waals surface area contributed by atoms with Gasteiger partial charge in [-0.15, -0.1) is 0 Å². The maximum absolute atomic E-state index is 3.86. The van der Waals surface area contributed by atoms with Gasteiger partial charge in [-0.1, -0.05) is 32.9 Å². The average molecular weight is 125 g/mol. The van der Waals surface area contributed by atoms with Gasteiger partial charge in [0.15, 0.2) is 0 Å². The van der Waals surface area contributed by atoms with Gasteiger partial charge >= 0.3 is 0 Å². The first-order chi connectivity index (χ1) is 4.35. The molecule has 53 valence electrons. The van der Waals surface area contributed by atoms with Crippen LogP contribution in [0.4, 0.5) is 0 Å². The summed E-state index contributed by atoms with van der Waals surface area (Å²) in [4.78, 5) is 0. The molecule has 0 nitrogen and oxygen atoms in total. The molecular weight excluding hydrogens is 108 g/mol. The molecule has 0 fully saturated rings. The number of allylic oxidation sites excluding steroid dienone is 2. The van der Waals surface area contributed by atoms with Crippen LogP contribution in [0, 0.1) is 12.8 Å². The Bertz CT molecular complexity index is 68.1. The minimum atomic E-state index is 0.713. The Morgan fingerprint density at radius 2 is 2.11 bits per heavy atom. The van der Waals surface area contributed by atoms with E-state index in [1.54, 1.807) is 0 Å². The van der Waals surface area contributed by atoms with Gasteiger partial charge < -0.3 is 0 Å². The molecule has 0 spiro atoms. The first-order valence-electron chi connectivity index (χ1n) is 3.81. The minimum Gasteiger partial charge on any atom is -0.0885 e. The van der Waals surface area contributed by atoms with Crippen molar-refractivity contribution in [1.29, 1.82) is 0 Å². The summed E-state index contributed by atoms with van der Waals surface area (Å²) in [6.07, 6.45) is 7.90.